The van der Waals surface area contributed by atoms with Crippen LogP contribution in [0.1, 0.15) is 12.5 Å². The largest absolute Gasteiger partial charge is 0.303 e. The molecule has 0 radical (unpaired) electrons. The molecular formula is C9H9N3OS2. The summed E-state index contributed by atoms with van der Waals surface area (Å²) in [6, 6.07) is 1.99. The van der Waals surface area contributed by atoms with E-state index in [2.05, 4.69) is 15.5 Å². The Morgan fingerprint density at radius 2 is 2.47 bits per heavy atom. The summed E-state index contributed by atoms with van der Waals surface area (Å²) in [6.07, 6.45) is 0. The van der Waals surface area contributed by atoms with E-state index in [4.69, 9.17) is 0 Å². The molecule has 1 fully saturated rings. The molecule has 2 heterocycles. The smallest absolute Gasteiger partial charge is 0.236 e. The molecule has 1 amide bonds. The number of thioether (sulfide) groups is 1. The van der Waals surface area contributed by atoms with Crippen molar-refractivity contribution >= 4 is 39.9 Å². The first kappa shape index (κ1) is 10.4. The Kier molecular flexibility index (Phi) is 3.17. The maximum atomic E-state index is 10.9. The Balaban J connectivity index is 2.08. The van der Waals surface area contributed by atoms with Gasteiger partial charge in [-0.05, 0) is 23.8 Å². The lowest BCUT2D eigenvalue weighted by Crippen LogP contribution is -2.19. The van der Waals surface area contributed by atoms with Gasteiger partial charge in [0.05, 0.1) is 11.5 Å². The average molecular weight is 239 g/mol. The molecule has 2 rings (SSSR count). The molecule has 6 heteroatoms. The van der Waals surface area contributed by atoms with E-state index in [1.54, 1.807) is 11.3 Å². The van der Waals surface area contributed by atoms with Crippen molar-refractivity contribution in [3.63, 3.8) is 0 Å². The first-order valence-corrected chi connectivity index (χ1v) is 6.26. The van der Waals surface area contributed by atoms with Crippen molar-refractivity contribution in [2.75, 3.05) is 5.75 Å². The quantitative estimate of drug-likeness (QED) is 0.630. The molecule has 0 saturated carbocycles. The van der Waals surface area contributed by atoms with Crippen LogP contribution < -0.4 is 5.32 Å². The molecule has 0 spiro atoms. The minimum Gasteiger partial charge on any atom is -0.303 e. The average Bonchev–Trinajstić information content (AvgIpc) is 2.84. The van der Waals surface area contributed by atoms with Gasteiger partial charge in [-0.2, -0.15) is 16.4 Å². The normalized spacial score (nSPS) is 19.7. The lowest BCUT2D eigenvalue weighted by atomic mass is 10.2. The summed E-state index contributed by atoms with van der Waals surface area (Å²) in [7, 11) is 0. The van der Waals surface area contributed by atoms with Gasteiger partial charge < -0.3 is 5.32 Å². The summed E-state index contributed by atoms with van der Waals surface area (Å²) in [5.74, 6) is 0.424. The van der Waals surface area contributed by atoms with Crippen molar-refractivity contribution in [2.24, 2.45) is 10.2 Å². The number of carbonyl (C=O) groups excluding carboxylic acids is 1. The number of hydrogen-bond acceptors (Lipinski definition) is 5. The van der Waals surface area contributed by atoms with Crippen LogP contribution in [0, 0.1) is 0 Å². The number of amides is 1. The molecule has 0 aromatic carbocycles. The highest BCUT2D eigenvalue weighted by molar-refractivity contribution is 8.15. The number of nitrogens with one attached hydrogen (secondary N) is 1. The third kappa shape index (κ3) is 2.66. The maximum absolute atomic E-state index is 10.9. The lowest BCUT2D eigenvalue weighted by Gasteiger charge is -1.93. The number of nitrogens with zero attached hydrogens (tertiary/aromatic N) is 2. The molecule has 1 N–H and O–H groups in total. The lowest BCUT2D eigenvalue weighted by molar-refractivity contribution is -0.116. The zero-order valence-corrected chi connectivity index (χ0v) is 9.69. The van der Waals surface area contributed by atoms with E-state index in [1.165, 1.54) is 11.8 Å². The summed E-state index contributed by atoms with van der Waals surface area (Å²) in [6.45, 7) is 1.90. The van der Waals surface area contributed by atoms with Crippen molar-refractivity contribution in [2.45, 2.75) is 6.92 Å². The van der Waals surface area contributed by atoms with Gasteiger partial charge in [0, 0.05) is 5.56 Å². The van der Waals surface area contributed by atoms with Gasteiger partial charge in [0.1, 0.15) is 0 Å². The summed E-state index contributed by atoms with van der Waals surface area (Å²) < 4.78 is 0. The van der Waals surface area contributed by atoms with E-state index >= 15 is 0 Å². The Labute approximate surface area is 95.5 Å². The highest BCUT2D eigenvalue weighted by atomic mass is 32.2. The van der Waals surface area contributed by atoms with E-state index in [-0.39, 0.29) is 5.91 Å². The molecule has 4 nitrogen and oxygen atoms in total. The Bertz CT molecular complexity index is 423. The minimum absolute atomic E-state index is 0.0119. The summed E-state index contributed by atoms with van der Waals surface area (Å²) >= 11 is 3.00. The molecule has 78 valence electrons. The molecule has 1 saturated heterocycles. The Morgan fingerprint density at radius 3 is 3.07 bits per heavy atom. The molecule has 1 aliphatic rings. The standard InChI is InChI=1S/C9H9N3OS2/c1-6(7-2-3-14-4-7)11-12-9-10-8(13)5-15-9/h2-4H,5H2,1H3,(H,10,12,13)/b11-6-. The summed E-state index contributed by atoms with van der Waals surface area (Å²) in [5, 5.41) is 15.2. The van der Waals surface area contributed by atoms with Crippen molar-refractivity contribution < 1.29 is 4.79 Å². The molecule has 0 aliphatic carbocycles. The van der Waals surface area contributed by atoms with Crippen molar-refractivity contribution in [1.29, 1.82) is 0 Å². The third-order valence-electron chi connectivity index (χ3n) is 1.82. The topological polar surface area (TPSA) is 53.8 Å². The van der Waals surface area contributed by atoms with Crippen LogP contribution in [0.2, 0.25) is 0 Å². The van der Waals surface area contributed by atoms with Crippen LogP contribution in [0.25, 0.3) is 0 Å². The molecule has 0 unspecified atom stereocenters. The minimum atomic E-state index is -0.0119. The Morgan fingerprint density at radius 1 is 1.60 bits per heavy atom. The van der Waals surface area contributed by atoms with E-state index in [9.17, 15) is 4.79 Å². The fraction of sp³-hybridized carbons (Fsp3) is 0.222. The molecule has 0 atom stereocenters. The summed E-state index contributed by atoms with van der Waals surface area (Å²) in [5.41, 5.74) is 1.92. The molecule has 1 aromatic rings. The van der Waals surface area contributed by atoms with Gasteiger partial charge in [-0.1, -0.05) is 11.8 Å². The maximum Gasteiger partial charge on any atom is 0.236 e. The van der Waals surface area contributed by atoms with Crippen LogP contribution in [0.3, 0.4) is 0 Å². The van der Waals surface area contributed by atoms with Gasteiger partial charge in [0.2, 0.25) is 5.91 Å². The van der Waals surface area contributed by atoms with Crippen molar-refractivity contribution in [1.82, 2.24) is 5.32 Å². The molecule has 15 heavy (non-hydrogen) atoms. The van der Waals surface area contributed by atoms with Crippen LogP contribution in [-0.4, -0.2) is 22.5 Å². The molecular weight excluding hydrogens is 230 g/mol. The monoisotopic (exact) mass is 239 g/mol. The predicted molar refractivity (Wildman–Crippen MR) is 64.6 cm³/mol. The summed E-state index contributed by atoms with van der Waals surface area (Å²) in [4.78, 5) is 10.9. The van der Waals surface area contributed by atoms with Gasteiger partial charge in [-0.25, -0.2) is 0 Å². The van der Waals surface area contributed by atoms with E-state index in [0.29, 0.717) is 10.9 Å². The van der Waals surface area contributed by atoms with E-state index in [1.807, 2.05) is 23.8 Å². The van der Waals surface area contributed by atoms with Crippen LogP contribution in [-0.2, 0) is 4.79 Å². The predicted octanol–water partition coefficient (Wildman–Crippen LogP) is 1.69. The van der Waals surface area contributed by atoms with Crippen molar-refractivity contribution in [3.05, 3.63) is 22.4 Å². The number of thiophene rings is 1. The van der Waals surface area contributed by atoms with Crippen LogP contribution in [0.4, 0.5) is 0 Å². The number of amidine groups is 1. The second-order valence-electron chi connectivity index (χ2n) is 2.94. The highest BCUT2D eigenvalue weighted by Crippen LogP contribution is 2.10. The van der Waals surface area contributed by atoms with Gasteiger partial charge >= 0.3 is 0 Å². The Hall–Kier alpha value is -1.14. The number of carbonyl (C=O) groups is 1. The second-order valence-corrected chi connectivity index (χ2v) is 4.68. The van der Waals surface area contributed by atoms with Crippen LogP contribution in [0.15, 0.2) is 27.0 Å². The van der Waals surface area contributed by atoms with E-state index < -0.39 is 0 Å². The second kappa shape index (κ2) is 4.59. The van der Waals surface area contributed by atoms with Crippen LogP contribution >= 0.6 is 23.1 Å². The highest BCUT2D eigenvalue weighted by Gasteiger charge is 2.16. The molecule has 0 bridgehead atoms. The van der Waals surface area contributed by atoms with Crippen LogP contribution in [0.5, 0.6) is 0 Å². The van der Waals surface area contributed by atoms with Gasteiger partial charge in [0.15, 0.2) is 5.17 Å². The molecule has 1 aliphatic heterocycles. The van der Waals surface area contributed by atoms with Gasteiger partial charge in [-0.15, -0.1) is 5.10 Å². The van der Waals surface area contributed by atoms with Gasteiger partial charge in [-0.3, -0.25) is 4.79 Å². The number of rotatable bonds is 2. The first-order valence-electron chi connectivity index (χ1n) is 4.33. The number of hydrogen-bond donors (Lipinski definition) is 1. The molecule has 1 aromatic heterocycles. The van der Waals surface area contributed by atoms with Crippen molar-refractivity contribution in [3.8, 4) is 0 Å². The van der Waals surface area contributed by atoms with Gasteiger partial charge in [0.25, 0.3) is 0 Å². The SMILES string of the molecule is C/C(=N/N=C1\NC(=O)CS1)c1ccsc1. The first-order chi connectivity index (χ1) is 7.25. The fourth-order valence-corrected chi connectivity index (χ4v) is 2.35. The fourth-order valence-electron chi connectivity index (χ4n) is 1.03. The van der Waals surface area contributed by atoms with E-state index in [0.717, 1.165) is 11.3 Å². The zero-order valence-electron chi connectivity index (χ0n) is 8.06. The third-order valence-corrected chi connectivity index (χ3v) is 3.36. The zero-order chi connectivity index (χ0) is 10.7.